The van der Waals surface area contributed by atoms with E-state index in [1.165, 1.54) is 16.7 Å². The number of hydrogen-bond acceptors (Lipinski definition) is 5. The van der Waals surface area contributed by atoms with E-state index in [0.717, 1.165) is 55.5 Å². The predicted molar refractivity (Wildman–Crippen MR) is 130 cm³/mol. The summed E-state index contributed by atoms with van der Waals surface area (Å²) < 4.78 is 11.0. The van der Waals surface area contributed by atoms with Gasteiger partial charge in [-0.3, -0.25) is 10.00 Å². The third kappa shape index (κ3) is 4.45. The highest BCUT2D eigenvalue weighted by atomic mass is 16.5. The molecule has 1 unspecified atom stereocenters. The molecule has 5 rings (SSSR count). The van der Waals surface area contributed by atoms with Crippen molar-refractivity contribution in [1.82, 2.24) is 20.0 Å². The molecule has 1 aliphatic heterocycles. The minimum absolute atomic E-state index is 0.104. The number of nitrogens with zero attached hydrogens (tertiary/aromatic N) is 3. The van der Waals surface area contributed by atoms with Gasteiger partial charge in [-0.15, -0.1) is 0 Å². The molecule has 4 aromatic rings. The zero-order valence-electron chi connectivity index (χ0n) is 19.2. The molecule has 2 aromatic heterocycles. The van der Waals surface area contributed by atoms with Crippen molar-refractivity contribution < 1.29 is 9.15 Å². The van der Waals surface area contributed by atoms with E-state index < -0.39 is 0 Å². The zero-order valence-corrected chi connectivity index (χ0v) is 19.2. The number of rotatable bonds is 7. The van der Waals surface area contributed by atoms with Crippen molar-refractivity contribution in [3.8, 4) is 28.3 Å². The Morgan fingerprint density at radius 1 is 0.970 bits per heavy atom. The van der Waals surface area contributed by atoms with Crippen molar-refractivity contribution in [2.24, 2.45) is 0 Å². The second-order valence-electron chi connectivity index (χ2n) is 8.40. The van der Waals surface area contributed by atoms with Gasteiger partial charge in [0, 0.05) is 31.7 Å². The summed E-state index contributed by atoms with van der Waals surface area (Å²) in [5.41, 5.74) is 5.71. The summed E-state index contributed by atoms with van der Waals surface area (Å²) in [4.78, 5) is 5.06. The second kappa shape index (κ2) is 9.65. The van der Waals surface area contributed by atoms with Gasteiger partial charge < -0.3 is 14.1 Å². The predicted octanol–water partition coefficient (Wildman–Crippen LogP) is 5.07. The van der Waals surface area contributed by atoms with Crippen LogP contribution in [0.25, 0.3) is 22.6 Å². The molecule has 0 bridgehead atoms. The van der Waals surface area contributed by atoms with Crippen molar-refractivity contribution in [1.29, 1.82) is 0 Å². The fourth-order valence-corrected chi connectivity index (χ4v) is 4.69. The monoisotopic (exact) mass is 442 g/mol. The van der Waals surface area contributed by atoms with Crippen molar-refractivity contribution in [3.05, 3.63) is 84.3 Å². The highest BCUT2D eigenvalue weighted by Gasteiger charge is 2.29. The van der Waals surface area contributed by atoms with Crippen LogP contribution in [0.1, 0.15) is 24.1 Å². The number of aromatic amines is 1. The van der Waals surface area contributed by atoms with Crippen molar-refractivity contribution >= 4 is 0 Å². The molecule has 1 saturated heterocycles. The van der Waals surface area contributed by atoms with Gasteiger partial charge in [0.1, 0.15) is 11.4 Å². The van der Waals surface area contributed by atoms with Crippen molar-refractivity contribution in [2.75, 3.05) is 39.8 Å². The molecule has 0 aliphatic carbocycles. The number of nitrogens with one attached hydrogen (secondary N) is 1. The zero-order chi connectivity index (χ0) is 22.6. The summed E-state index contributed by atoms with van der Waals surface area (Å²) in [6.45, 7) is 7.51. The molecule has 33 heavy (non-hydrogen) atoms. The molecule has 6 nitrogen and oxygen atoms in total. The second-order valence-corrected chi connectivity index (χ2v) is 8.40. The molecule has 6 heteroatoms. The average Bonchev–Trinajstić information content (AvgIpc) is 3.58. The maximum Gasteiger partial charge on any atom is 0.151 e. The van der Waals surface area contributed by atoms with Gasteiger partial charge in [-0.2, -0.15) is 5.10 Å². The minimum atomic E-state index is 0.104. The van der Waals surface area contributed by atoms with Crippen LogP contribution in [0.15, 0.2) is 77.5 Å². The molecule has 3 heterocycles. The Morgan fingerprint density at radius 3 is 2.27 bits per heavy atom. The fourth-order valence-electron chi connectivity index (χ4n) is 4.69. The first-order valence-corrected chi connectivity index (χ1v) is 11.5. The largest absolute Gasteiger partial charge is 0.497 e. The van der Waals surface area contributed by atoms with Crippen LogP contribution in [-0.2, 0) is 0 Å². The minimum Gasteiger partial charge on any atom is -0.497 e. The van der Waals surface area contributed by atoms with Gasteiger partial charge in [-0.25, -0.2) is 0 Å². The van der Waals surface area contributed by atoms with Gasteiger partial charge in [-0.1, -0.05) is 43.3 Å². The van der Waals surface area contributed by atoms with Crippen LogP contribution in [0.3, 0.4) is 0 Å². The molecular formula is C27H30N4O2. The molecule has 0 radical (unpaired) electrons. The van der Waals surface area contributed by atoms with Crippen molar-refractivity contribution in [3.63, 3.8) is 0 Å². The summed E-state index contributed by atoms with van der Waals surface area (Å²) in [6.07, 6.45) is 3.66. The third-order valence-electron chi connectivity index (χ3n) is 6.60. The standard InChI is InChI=1S/C27H30N4O2/c1-3-30-14-16-31(17-15-30)27(24-19-28-29-26(24)25-5-4-18-33-25)22-8-6-20(7-9-22)21-10-12-23(32-2)13-11-21/h4-13,18-19,27H,3,14-17H2,1-2H3,(H,28,29). The molecule has 1 atom stereocenters. The Bertz CT molecular complexity index is 1140. The lowest BCUT2D eigenvalue weighted by atomic mass is 9.94. The molecule has 1 fully saturated rings. The Balaban J connectivity index is 1.49. The van der Waals surface area contributed by atoms with Crippen LogP contribution in [0, 0.1) is 0 Å². The number of furan rings is 1. The van der Waals surface area contributed by atoms with Gasteiger partial charge >= 0.3 is 0 Å². The first-order chi connectivity index (χ1) is 16.3. The number of ether oxygens (including phenoxy) is 1. The fraction of sp³-hybridized carbons (Fsp3) is 0.296. The molecule has 170 valence electrons. The van der Waals surface area contributed by atoms with Crippen LogP contribution in [0.5, 0.6) is 5.75 Å². The molecule has 0 spiro atoms. The van der Waals surface area contributed by atoms with Crippen LogP contribution in [-0.4, -0.2) is 59.8 Å². The van der Waals surface area contributed by atoms with E-state index in [1.807, 2.05) is 30.5 Å². The van der Waals surface area contributed by atoms with Crippen LogP contribution < -0.4 is 4.74 Å². The lowest BCUT2D eigenvalue weighted by Gasteiger charge is -2.39. The topological polar surface area (TPSA) is 57.5 Å². The first-order valence-electron chi connectivity index (χ1n) is 11.5. The van der Waals surface area contributed by atoms with Crippen molar-refractivity contribution in [2.45, 2.75) is 13.0 Å². The summed E-state index contributed by atoms with van der Waals surface area (Å²) in [5, 5.41) is 7.57. The highest BCUT2D eigenvalue weighted by molar-refractivity contribution is 5.65. The van der Waals surface area contributed by atoms with E-state index in [0.29, 0.717) is 0 Å². The van der Waals surface area contributed by atoms with E-state index >= 15 is 0 Å². The van der Waals surface area contributed by atoms with Crippen LogP contribution in [0.4, 0.5) is 0 Å². The third-order valence-corrected chi connectivity index (χ3v) is 6.60. The van der Waals surface area contributed by atoms with E-state index in [1.54, 1.807) is 13.4 Å². The average molecular weight is 443 g/mol. The number of hydrogen-bond donors (Lipinski definition) is 1. The Labute approximate surface area is 194 Å². The van der Waals surface area contributed by atoms with E-state index in [9.17, 15) is 0 Å². The molecule has 0 amide bonds. The number of H-pyrrole nitrogens is 1. The number of benzene rings is 2. The maximum atomic E-state index is 5.71. The Hall–Kier alpha value is -3.35. The smallest absolute Gasteiger partial charge is 0.151 e. The molecule has 1 aliphatic rings. The van der Waals surface area contributed by atoms with Gasteiger partial charge in [0.05, 0.1) is 25.6 Å². The SMILES string of the molecule is CCN1CCN(C(c2ccc(-c3ccc(OC)cc3)cc2)c2cn[nH]c2-c2ccco2)CC1. The Kier molecular flexibility index (Phi) is 6.28. The van der Waals surface area contributed by atoms with Gasteiger partial charge in [0.15, 0.2) is 5.76 Å². The van der Waals surface area contributed by atoms with E-state index in [-0.39, 0.29) is 6.04 Å². The molecule has 1 N–H and O–H groups in total. The van der Waals surface area contributed by atoms with E-state index in [4.69, 9.17) is 9.15 Å². The Morgan fingerprint density at radius 2 is 1.67 bits per heavy atom. The van der Waals surface area contributed by atoms with Crippen LogP contribution in [0.2, 0.25) is 0 Å². The van der Waals surface area contributed by atoms with Gasteiger partial charge in [-0.05, 0) is 47.5 Å². The number of methoxy groups -OCH3 is 1. The molecule has 0 saturated carbocycles. The van der Waals surface area contributed by atoms with E-state index in [2.05, 4.69) is 63.3 Å². The quantitative estimate of drug-likeness (QED) is 0.433. The summed E-state index contributed by atoms with van der Waals surface area (Å²) in [5.74, 6) is 1.68. The number of aromatic nitrogens is 2. The van der Waals surface area contributed by atoms with Gasteiger partial charge in [0.25, 0.3) is 0 Å². The molecule has 2 aromatic carbocycles. The lowest BCUT2D eigenvalue weighted by molar-refractivity contribution is 0.113. The highest BCUT2D eigenvalue weighted by Crippen LogP contribution is 2.36. The number of likely N-dealkylation sites (N-methyl/N-ethyl adjacent to an activating group) is 1. The van der Waals surface area contributed by atoms with Crippen LogP contribution >= 0.6 is 0 Å². The maximum absolute atomic E-state index is 5.71. The van der Waals surface area contributed by atoms with Gasteiger partial charge in [0.2, 0.25) is 0 Å². The number of piperazine rings is 1. The summed E-state index contributed by atoms with van der Waals surface area (Å²) in [7, 11) is 1.69. The normalized spacial score (nSPS) is 16.1. The summed E-state index contributed by atoms with van der Waals surface area (Å²) >= 11 is 0. The summed E-state index contributed by atoms with van der Waals surface area (Å²) in [6, 6.07) is 21.1. The first kappa shape index (κ1) is 21.5. The lowest BCUT2D eigenvalue weighted by Crippen LogP contribution is -2.47. The molecular weight excluding hydrogens is 412 g/mol.